The highest BCUT2D eigenvalue weighted by molar-refractivity contribution is 5.96. The Kier molecular flexibility index (Phi) is 5.48. The van der Waals surface area contributed by atoms with E-state index in [4.69, 9.17) is 4.74 Å². The molecule has 0 saturated heterocycles. The molecule has 0 aliphatic rings. The van der Waals surface area contributed by atoms with Gasteiger partial charge in [-0.25, -0.2) is 0 Å². The van der Waals surface area contributed by atoms with Crippen LogP contribution < -0.4 is 10.1 Å². The van der Waals surface area contributed by atoms with Crippen molar-refractivity contribution in [2.45, 2.75) is 6.18 Å². The van der Waals surface area contributed by atoms with Crippen LogP contribution in [0.25, 0.3) is 0 Å². The van der Waals surface area contributed by atoms with Crippen molar-refractivity contribution in [3.8, 4) is 17.6 Å². The number of carbonyl (C=O) groups excluding carboxylic acids is 1. The van der Waals surface area contributed by atoms with Crippen LogP contribution in [0.4, 0.5) is 13.2 Å². The molecule has 0 fully saturated rings. The molecule has 0 spiro atoms. The molecule has 2 aromatic rings. The summed E-state index contributed by atoms with van der Waals surface area (Å²) in [6, 6.07) is 11.6. The van der Waals surface area contributed by atoms with Crippen LogP contribution in [-0.2, 0) is 6.18 Å². The molecule has 6 heteroatoms. The van der Waals surface area contributed by atoms with E-state index in [-0.39, 0.29) is 6.54 Å². The molecule has 0 aliphatic heterocycles. The Hall–Kier alpha value is -2.94. The maximum atomic E-state index is 12.9. The lowest BCUT2D eigenvalue weighted by Gasteiger charge is -2.11. The molecular formula is C18H14F3NO2. The summed E-state index contributed by atoms with van der Waals surface area (Å²) < 4.78 is 43.6. The van der Waals surface area contributed by atoms with Gasteiger partial charge >= 0.3 is 6.18 Å². The first-order chi connectivity index (χ1) is 11.4. The fraction of sp³-hybridized carbons (Fsp3) is 0.167. The second kappa shape index (κ2) is 7.55. The Morgan fingerprint density at radius 2 is 1.79 bits per heavy atom. The largest absolute Gasteiger partial charge is 0.497 e. The Morgan fingerprint density at radius 3 is 2.42 bits per heavy atom. The smallest absolute Gasteiger partial charge is 0.417 e. The molecule has 24 heavy (non-hydrogen) atoms. The molecule has 0 aromatic heterocycles. The Morgan fingerprint density at radius 1 is 1.12 bits per heavy atom. The van der Waals surface area contributed by atoms with Gasteiger partial charge in [0.15, 0.2) is 0 Å². The van der Waals surface area contributed by atoms with Gasteiger partial charge in [-0.1, -0.05) is 24.0 Å². The van der Waals surface area contributed by atoms with E-state index in [0.717, 1.165) is 12.1 Å². The van der Waals surface area contributed by atoms with E-state index in [1.807, 2.05) is 0 Å². The van der Waals surface area contributed by atoms with Gasteiger partial charge < -0.3 is 10.1 Å². The van der Waals surface area contributed by atoms with Gasteiger partial charge in [0, 0.05) is 5.56 Å². The van der Waals surface area contributed by atoms with Crippen LogP contribution in [0.2, 0.25) is 0 Å². The van der Waals surface area contributed by atoms with Crippen molar-refractivity contribution in [2.24, 2.45) is 0 Å². The highest BCUT2D eigenvalue weighted by Crippen LogP contribution is 2.31. The van der Waals surface area contributed by atoms with E-state index in [0.29, 0.717) is 11.3 Å². The first-order valence-electron chi connectivity index (χ1n) is 6.99. The van der Waals surface area contributed by atoms with Crippen molar-refractivity contribution in [1.29, 1.82) is 0 Å². The number of rotatable bonds is 3. The third kappa shape index (κ3) is 4.53. The van der Waals surface area contributed by atoms with Crippen LogP contribution in [0, 0.1) is 11.8 Å². The molecule has 0 unspecified atom stereocenters. The average Bonchev–Trinajstić information content (AvgIpc) is 2.58. The van der Waals surface area contributed by atoms with Crippen molar-refractivity contribution >= 4 is 5.91 Å². The number of benzene rings is 2. The van der Waals surface area contributed by atoms with Crippen molar-refractivity contribution in [2.75, 3.05) is 13.7 Å². The number of halogens is 3. The molecule has 2 aromatic carbocycles. The maximum Gasteiger partial charge on any atom is 0.417 e. The summed E-state index contributed by atoms with van der Waals surface area (Å²) in [7, 11) is 1.55. The monoisotopic (exact) mass is 333 g/mol. The summed E-state index contributed by atoms with van der Waals surface area (Å²) in [5, 5.41) is 2.37. The molecule has 1 N–H and O–H groups in total. The van der Waals surface area contributed by atoms with E-state index in [2.05, 4.69) is 17.2 Å². The van der Waals surface area contributed by atoms with Gasteiger partial charge in [0.2, 0.25) is 0 Å². The minimum absolute atomic E-state index is 0.0585. The van der Waals surface area contributed by atoms with Gasteiger partial charge in [-0.2, -0.15) is 13.2 Å². The number of hydrogen-bond acceptors (Lipinski definition) is 2. The third-order valence-electron chi connectivity index (χ3n) is 3.14. The van der Waals surface area contributed by atoms with E-state index in [1.54, 1.807) is 31.4 Å². The number of alkyl halides is 3. The van der Waals surface area contributed by atoms with Crippen molar-refractivity contribution in [1.82, 2.24) is 5.32 Å². The summed E-state index contributed by atoms with van der Waals surface area (Å²) in [5.41, 5.74) is -0.678. The Balaban J connectivity index is 2.01. The number of amides is 1. The van der Waals surface area contributed by atoms with Gasteiger partial charge in [0.1, 0.15) is 5.75 Å². The highest BCUT2D eigenvalue weighted by atomic mass is 19.4. The zero-order valence-electron chi connectivity index (χ0n) is 12.8. The molecule has 0 radical (unpaired) electrons. The van der Waals surface area contributed by atoms with Crippen molar-refractivity contribution in [3.05, 3.63) is 65.2 Å². The fourth-order valence-electron chi connectivity index (χ4n) is 1.97. The molecular weight excluding hydrogens is 319 g/mol. The number of nitrogens with one attached hydrogen (secondary N) is 1. The molecule has 2 rings (SSSR count). The van der Waals surface area contributed by atoms with Crippen molar-refractivity contribution in [3.63, 3.8) is 0 Å². The fourth-order valence-corrected chi connectivity index (χ4v) is 1.97. The first-order valence-corrected chi connectivity index (χ1v) is 6.99. The quantitative estimate of drug-likeness (QED) is 0.873. The normalized spacial score (nSPS) is 10.5. The summed E-state index contributed by atoms with van der Waals surface area (Å²) in [5.74, 6) is 5.38. The number of methoxy groups -OCH3 is 1. The molecule has 0 saturated carbocycles. The summed E-state index contributed by atoms with van der Waals surface area (Å²) in [4.78, 5) is 11.9. The predicted molar refractivity (Wildman–Crippen MR) is 83.6 cm³/mol. The van der Waals surface area contributed by atoms with Crippen LogP contribution in [0.15, 0.2) is 48.5 Å². The summed E-state index contributed by atoms with van der Waals surface area (Å²) in [6.45, 7) is -0.0585. The molecule has 124 valence electrons. The maximum absolute atomic E-state index is 12.9. The van der Waals surface area contributed by atoms with Crippen LogP contribution in [0.3, 0.4) is 0 Å². The second-order valence-corrected chi connectivity index (χ2v) is 4.76. The third-order valence-corrected chi connectivity index (χ3v) is 3.14. The molecule has 0 atom stereocenters. The SMILES string of the molecule is COc1ccc(C#CCNC(=O)c2ccccc2C(F)(F)F)cc1. The molecule has 0 bridgehead atoms. The van der Waals surface area contributed by atoms with Gasteiger partial charge in [-0.05, 0) is 36.4 Å². The average molecular weight is 333 g/mol. The van der Waals surface area contributed by atoms with E-state index in [1.165, 1.54) is 12.1 Å². The van der Waals surface area contributed by atoms with Gasteiger partial charge in [0.25, 0.3) is 5.91 Å². The van der Waals surface area contributed by atoms with Gasteiger partial charge in [-0.15, -0.1) is 0 Å². The Bertz CT molecular complexity index is 771. The lowest BCUT2D eigenvalue weighted by atomic mass is 10.1. The van der Waals surface area contributed by atoms with Gasteiger partial charge in [0.05, 0.1) is 24.8 Å². The molecule has 0 aliphatic carbocycles. The molecule has 3 nitrogen and oxygen atoms in total. The lowest BCUT2D eigenvalue weighted by Crippen LogP contribution is -2.26. The summed E-state index contributed by atoms with van der Waals surface area (Å²) >= 11 is 0. The van der Waals surface area contributed by atoms with Crippen LogP contribution in [-0.4, -0.2) is 19.6 Å². The minimum atomic E-state index is -4.58. The van der Waals surface area contributed by atoms with E-state index in [9.17, 15) is 18.0 Å². The standard InChI is InChI=1S/C18H14F3NO2/c1-24-14-10-8-13(9-11-14)5-4-12-22-17(23)15-6-2-3-7-16(15)18(19,20)21/h2-3,6-11H,12H2,1H3,(H,22,23). The van der Waals surface area contributed by atoms with E-state index >= 15 is 0 Å². The van der Waals surface area contributed by atoms with Crippen LogP contribution in [0.1, 0.15) is 21.5 Å². The van der Waals surface area contributed by atoms with Crippen molar-refractivity contribution < 1.29 is 22.7 Å². The predicted octanol–water partition coefficient (Wildman–Crippen LogP) is 3.50. The molecule has 0 heterocycles. The summed E-state index contributed by atoms with van der Waals surface area (Å²) in [6.07, 6.45) is -4.58. The highest BCUT2D eigenvalue weighted by Gasteiger charge is 2.34. The zero-order valence-corrected chi connectivity index (χ0v) is 12.8. The topological polar surface area (TPSA) is 38.3 Å². The van der Waals surface area contributed by atoms with Crippen LogP contribution >= 0.6 is 0 Å². The lowest BCUT2D eigenvalue weighted by molar-refractivity contribution is -0.137. The molecule has 1 amide bonds. The zero-order chi connectivity index (χ0) is 17.6. The Labute approximate surface area is 137 Å². The first kappa shape index (κ1) is 17.4. The number of carbonyl (C=O) groups is 1. The number of hydrogen-bond donors (Lipinski definition) is 1. The van der Waals surface area contributed by atoms with E-state index < -0.39 is 23.2 Å². The second-order valence-electron chi connectivity index (χ2n) is 4.76. The van der Waals surface area contributed by atoms with Gasteiger partial charge in [-0.3, -0.25) is 4.79 Å². The number of ether oxygens (including phenoxy) is 1. The van der Waals surface area contributed by atoms with Crippen LogP contribution in [0.5, 0.6) is 5.75 Å². The minimum Gasteiger partial charge on any atom is -0.497 e.